The van der Waals surface area contributed by atoms with Crippen LogP contribution in [0.5, 0.6) is 0 Å². The van der Waals surface area contributed by atoms with E-state index in [-0.39, 0.29) is 31.1 Å². The van der Waals surface area contributed by atoms with Crippen LogP contribution in [0.4, 0.5) is 0 Å². The lowest BCUT2D eigenvalue weighted by molar-refractivity contribution is -0.167. The number of ether oxygens (including phenoxy) is 3. The van der Waals surface area contributed by atoms with Crippen molar-refractivity contribution in [3.8, 4) is 0 Å². The second-order valence-corrected chi connectivity index (χ2v) is 22.2. The maximum atomic E-state index is 12.9. The second kappa shape index (κ2) is 57.3. The summed E-state index contributed by atoms with van der Waals surface area (Å²) < 4.78 is 16.9. The van der Waals surface area contributed by atoms with Crippen LogP contribution in [0.3, 0.4) is 0 Å². The Morgan fingerprint density at radius 3 is 0.710 bits per heavy atom. The fourth-order valence-corrected chi connectivity index (χ4v) is 9.81. The topological polar surface area (TPSA) is 78.9 Å². The van der Waals surface area contributed by atoms with Gasteiger partial charge in [-0.05, 0) is 25.2 Å². The molecule has 0 bridgehead atoms. The SMILES string of the molecule is CCCCCCCCCCCCCCCCCCCCCC(=O)OC[C@@H](COC(=O)CCCCCCCCCCCCCC(C)C)OC(=O)CCCCCCCCCCCCCCCCCCCC. The van der Waals surface area contributed by atoms with Gasteiger partial charge in [0.05, 0.1) is 0 Å². The summed E-state index contributed by atoms with van der Waals surface area (Å²) in [4.78, 5) is 38.3. The first-order valence-corrected chi connectivity index (χ1v) is 31.4. The van der Waals surface area contributed by atoms with Crippen LogP contribution in [0.2, 0.25) is 0 Å². The molecule has 410 valence electrons. The third-order valence-electron chi connectivity index (χ3n) is 14.5. The van der Waals surface area contributed by atoms with Crippen LogP contribution in [0, 0.1) is 5.92 Å². The van der Waals surface area contributed by atoms with E-state index >= 15 is 0 Å². The number of esters is 3. The van der Waals surface area contributed by atoms with Crippen molar-refractivity contribution in [2.24, 2.45) is 5.92 Å². The minimum absolute atomic E-state index is 0.0615. The van der Waals surface area contributed by atoms with Gasteiger partial charge >= 0.3 is 17.9 Å². The molecule has 0 aromatic heterocycles. The predicted octanol–water partition coefficient (Wildman–Crippen LogP) is 21.0. The summed E-state index contributed by atoms with van der Waals surface area (Å²) in [5.74, 6) is -0.00343. The standard InChI is InChI=1S/C63H122O6/c1-5-7-9-11-13-15-17-19-21-23-25-27-28-30-34-38-42-46-50-54-61(64)67-57-60(58-68-62(65)55-51-47-43-39-36-32-33-37-41-45-49-53-59(3)4)69-63(66)56-52-48-44-40-35-31-29-26-24-22-20-18-16-14-12-10-8-6-2/h59-60H,5-58H2,1-4H3/t60-/m0/s1. The second-order valence-electron chi connectivity index (χ2n) is 22.2. The average Bonchev–Trinajstić information content (AvgIpc) is 3.34. The van der Waals surface area contributed by atoms with Crippen LogP contribution in [0.1, 0.15) is 362 Å². The molecule has 0 saturated carbocycles. The Kier molecular flexibility index (Phi) is 56.0. The van der Waals surface area contributed by atoms with Crippen LogP contribution in [0.25, 0.3) is 0 Å². The molecule has 0 fully saturated rings. The minimum Gasteiger partial charge on any atom is -0.462 e. The molecule has 0 aromatic carbocycles. The van der Waals surface area contributed by atoms with E-state index in [1.54, 1.807) is 0 Å². The van der Waals surface area contributed by atoms with Crippen molar-refractivity contribution in [1.29, 1.82) is 0 Å². The van der Waals surface area contributed by atoms with Gasteiger partial charge in [0.15, 0.2) is 6.10 Å². The molecule has 0 aliphatic carbocycles. The fourth-order valence-electron chi connectivity index (χ4n) is 9.81. The van der Waals surface area contributed by atoms with Gasteiger partial charge in [-0.15, -0.1) is 0 Å². The summed E-state index contributed by atoms with van der Waals surface area (Å²) in [6.07, 6.45) is 63.9. The van der Waals surface area contributed by atoms with Crippen molar-refractivity contribution in [3.05, 3.63) is 0 Å². The van der Waals surface area contributed by atoms with E-state index in [2.05, 4.69) is 27.7 Å². The van der Waals surface area contributed by atoms with Gasteiger partial charge in [-0.3, -0.25) is 14.4 Å². The lowest BCUT2D eigenvalue weighted by Gasteiger charge is -2.18. The van der Waals surface area contributed by atoms with E-state index in [4.69, 9.17) is 14.2 Å². The van der Waals surface area contributed by atoms with Gasteiger partial charge in [-0.25, -0.2) is 0 Å². The summed E-state index contributed by atoms with van der Waals surface area (Å²) in [5, 5.41) is 0. The molecule has 0 N–H and O–H groups in total. The number of unbranched alkanes of at least 4 members (excludes halogenated alkanes) is 45. The van der Waals surface area contributed by atoms with Gasteiger partial charge in [0.2, 0.25) is 0 Å². The quantitative estimate of drug-likeness (QED) is 0.0343. The van der Waals surface area contributed by atoms with Gasteiger partial charge < -0.3 is 14.2 Å². The Hall–Kier alpha value is -1.59. The van der Waals surface area contributed by atoms with Crippen molar-refractivity contribution in [3.63, 3.8) is 0 Å². The van der Waals surface area contributed by atoms with Crippen molar-refractivity contribution < 1.29 is 28.6 Å². The molecule has 0 radical (unpaired) electrons. The molecule has 0 saturated heterocycles. The molecule has 69 heavy (non-hydrogen) atoms. The van der Waals surface area contributed by atoms with Crippen molar-refractivity contribution in [2.45, 2.75) is 368 Å². The highest BCUT2D eigenvalue weighted by atomic mass is 16.6. The molecule has 0 unspecified atom stereocenters. The molecular weight excluding hydrogens is 853 g/mol. The first kappa shape index (κ1) is 67.4. The van der Waals surface area contributed by atoms with Crippen molar-refractivity contribution in [1.82, 2.24) is 0 Å². The average molecular weight is 976 g/mol. The summed E-state index contributed by atoms with van der Waals surface area (Å²) in [5.41, 5.74) is 0. The molecule has 0 spiro atoms. The molecule has 0 aromatic rings. The molecule has 0 heterocycles. The largest absolute Gasteiger partial charge is 0.462 e. The Morgan fingerprint density at radius 2 is 0.478 bits per heavy atom. The highest BCUT2D eigenvalue weighted by Crippen LogP contribution is 2.19. The van der Waals surface area contributed by atoms with Gasteiger partial charge in [0.1, 0.15) is 13.2 Å². The lowest BCUT2D eigenvalue weighted by Crippen LogP contribution is -2.30. The molecule has 0 rings (SSSR count). The van der Waals surface area contributed by atoms with Crippen LogP contribution in [-0.2, 0) is 28.6 Å². The van der Waals surface area contributed by atoms with E-state index in [0.717, 1.165) is 63.7 Å². The fraction of sp³-hybridized carbons (Fsp3) is 0.952. The zero-order valence-electron chi connectivity index (χ0n) is 47.3. The zero-order valence-corrected chi connectivity index (χ0v) is 47.3. The van der Waals surface area contributed by atoms with E-state index < -0.39 is 6.10 Å². The van der Waals surface area contributed by atoms with Crippen molar-refractivity contribution >= 4 is 17.9 Å². The van der Waals surface area contributed by atoms with E-state index in [9.17, 15) is 14.4 Å². The summed E-state index contributed by atoms with van der Waals surface area (Å²) >= 11 is 0. The molecular formula is C63H122O6. The lowest BCUT2D eigenvalue weighted by atomic mass is 10.0. The van der Waals surface area contributed by atoms with Crippen molar-refractivity contribution in [2.75, 3.05) is 13.2 Å². The molecule has 0 aliphatic heterocycles. The van der Waals surface area contributed by atoms with E-state index in [1.165, 1.54) is 257 Å². The van der Waals surface area contributed by atoms with Crippen LogP contribution in [-0.4, -0.2) is 37.2 Å². The maximum absolute atomic E-state index is 12.9. The van der Waals surface area contributed by atoms with Gasteiger partial charge in [0, 0.05) is 19.3 Å². The van der Waals surface area contributed by atoms with Crippen LogP contribution in [0.15, 0.2) is 0 Å². The Morgan fingerprint density at radius 1 is 0.275 bits per heavy atom. The normalized spacial score (nSPS) is 12.0. The highest BCUT2D eigenvalue weighted by molar-refractivity contribution is 5.71. The summed E-state index contributed by atoms with van der Waals surface area (Å²) in [6, 6.07) is 0. The number of hydrogen-bond acceptors (Lipinski definition) is 6. The third-order valence-corrected chi connectivity index (χ3v) is 14.5. The third kappa shape index (κ3) is 57.2. The van der Waals surface area contributed by atoms with E-state index in [0.29, 0.717) is 19.3 Å². The predicted molar refractivity (Wildman–Crippen MR) is 298 cm³/mol. The Bertz CT molecular complexity index is 1040. The molecule has 6 nitrogen and oxygen atoms in total. The summed E-state index contributed by atoms with van der Waals surface area (Å²) in [6.45, 7) is 9.07. The Balaban J connectivity index is 4.27. The molecule has 0 amide bonds. The summed E-state index contributed by atoms with van der Waals surface area (Å²) in [7, 11) is 0. The molecule has 0 aliphatic rings. The van der Waals surface area contributed by atoms with E-state index in [1.807, 2.05) is 0 Å². The monoisotopic (exact) mass is 975 g/mol. The van der Waals surface area contributed by atoms with Crippen LogP contribution >= 0.6 is 0 Å². The smallest absolute Gasteiger partial charge is 0.306 e. The van der Waals surface area contributed by atoms with Crippen LogP contribution < -0.4 is 0 Å². The van der Waals surface area contributed by atoms with Gasteiger partial charge in [-0.1, -0.05) is 323 Å². The molecule has 6 heteroatoms. The first-order valence-electron chi connectivity index (χ1n) is 31.4. The first-order chi connectivity index (χ1) is 33.9. The highest BCUT2D eigenvalue weighted by Gasteiger charge is 2.19. The Labute approximate surface area is 431 Å². The number of rotatable bonds is 58. The molecule has 1 atom stereocenters. The maximum Gasteiger partial charge on any atom is 0.306 e. The number of carbonyl (C=O) groups is 3. The van der Waals surface area contributed by atoms with Gasteiger partial charge in [-0.2, -0.15) is 0 Å². The zero-order chi connectivity index (χ0) is 50.2. The minimum atomic E-state index is -0.763. The van der Waals surface area contributed by atoms with Gasteiger partial charge in [0.25, 0.3) is 0 Å². The number of carbonyl (C=O) groups excluding carboxylic acids is 3. The number of hydrogen-bond donors (Lipinski definition) is 0.